The topological polar surface area (TPSA) is 57.5 Å². The zero-order valence-electron chi connectivity index (χ0n) is 5.41. The summed E-state index contributed by atoms with van der Waals surface area (Å²) in [5, 5.41) is 8.11. The highest BCUT2D eigenvalue weighted by Gasteiger charge is 2.05. The molecule has 9 heavy (non-hydrogen) atoms. The van der Waals surface area contributed by atoms with Gasteiger partial charge in [0.05, 0.1) is 5.25 Å². The molecule has 0 spiro atoms. The molecule has 0 amide bonds. The highest BCUT2D eigenvalue weighted by Crippen LogP contribution is 2.00. The molecule has 0 rings (SSSR count). The molecule has 0 radical (unpaired) electrons. The summed E-state index contributed by atoms with van der Waals surface area (Å²) < 4.78 is 18.7. The maximum absolute atomic E-state index is 10.2. The summed E-state index contributed by atoms with van der Waals surface area (Å²) in [5.74, 6) is 0. The second-order valence-electron chi connectivity index (χ2n) is 1.95. The Morgan fingerprint density at radius 3 is 2.56 bits per heavy atom. The van der Waals surface area contributed by atoms with Crippen LogP contribution in [0.2, 0.25) is 0 Å². The van der Waals surface area contributed by atoms with E-state index in [0.29, 0.717) is 12.8 Å². The normalized spacial score (nSPS) is 17.2. The predicted octanol–water partition coefficient (Wildman–Crippen LogP) is 0.369. The van der Waals surface area contributed by atoms with Gasteiger partial charge >= 0.3 is 0 Å². The summed E-state index contributed by atoms with van der Waals surface area (Å²) in [5.41, 5.74) is 0. The quantitative estimate of drug-likeness (QED) is 0.572. The molecule has 0 saturated heterocycles. The van der Waals surface area contributed by atoms with Crippen molar-refractivity contribution in [2.75, 3.05) is 6.61 Å². The van der Waals surface area contributed by atoms with E-state index in [1.807, 2.05) is 0 Å². The van der Waals surface area contributed by atoms with Gasteiger partial charge in [0, 0.05) is 6.61 Å². The highest BCUT2D eigenvalue weighted by molar-refractivity contribution is 7.79. The van der Waals surface area contributed by atoms with Gasteiger partial charge < -0.3 is 9.66 Å². The van der Waals surface area contributed by atoms with Crippen LogP contribution in [-0.4, -0.2) is 25.7 Å². The van der Waals surface area contributed by atoms with Crippen LogP contribution >= 0.6 is 0 Å². The fraction of sp³-hybridized carbons (Fsp3) is 1.00. The summed E-state index contributed by atoms with van der Waals surface area (Å²) in [4.78, 5) is 0. The maximum atomic E-state index is 10.2. The van der Waals surface area contributed by atoms with Crippen LogP contribution in [0.1, 0.15) is 19.8 Å². The van der Waals surface area contributed by atoms with Crippen molar-refractivity contribution in [2.45, 2.75) is 25.0 Å². The second-order valence-corrected chi connectivity index (χ2v) is 3.31. The van der Waals surface area contributed by atoms with Crippen LogP contribution in [-0.2, 0) is 11.1 Å². The summed E-state index contributed by atoms with van der Waals surface area (Å²) in [6, 6.07) is 0. The molecule has 0 aliphatic carbocycles. The third-order valence-electron chi connectivity index (χ3n) is 1.11. The molecule has 0 aromatic rings. The predicted molar refractivity (Wildman–Crippen MR) is 36.6 cm³/mol. The van der Waals surface area contributed by atoms with Crippen LogP contribution in [0.5, 0.6) is 0 Å². The summed E-state index contributed by atoms with van der Waals surface area (Å²) in [6.07, 6.45) is 1.22. The van der Waals surface area contributed by atoms with Crippen molar-refractivity contribution in [3.8, 4) is 0 Å². The third kappa shape index (κ3) is 4.57. The molecule has 2 atom stereocenters. The van der Waals surface area contributed by atoms with Gasteiger partial charge in [-0.1, -0.05) is 0 Å². The summed E-state index contributed by atoms with van der Waals surface area (Å²) >= 11 is -1.72. The monoisotopic (exact) mass is 152 g/mol. The van der Waals surface area contributed by atoms with Gasteiger partial charge in [-0.2, -0.15) is 0 Å². The number of hydrogen-bond donors (Lipinski definition) is 2. The Bertz CT molecular complexity index is 94.2. The Morgan fingerprint density at radius 1 is 1.67 bits per heavy atom. The Labute approximate surface area is 57.4 Å². The van der Waals surface area contributed by atoms with Crippen LogP contribution in [0.4, 0.5) is 0 Å². The van der Waals surface area contributed by atoms with Gasteiger partial charge in [-0.05, 0) is 19.8 Å². The second kappa shape index (κ2) is 4.90. The fourth-order valence-corrected chi connectivity index (χ4v) is 0.848. The van der Waals surface area contributed by atoms with E-state index in [0.717, 1.165) is 0 Å². The first-order chi connectivity index (χ1) is 4.18. The van der Waals surface area contributed by atoms with E-state index in [9.17, 15) is 4.21 Å². The average Bonchev–Trinajstić information content (AvgIpc) is 1.82. The van der Waals surface area contributed by atoms with E-state index in [4.69, 9.17) is 9.66 Å². The summed E-state index contributed by atoms with van der Waals surface area (Å²) in [7, 11) is 0. The van der Waals surface area contributed by atoms with Crippen molar-refractivity contribution in [1.82, 2.24) is 0 Å². The Kier molecular flexibility index (Phi) is 4.94. The SMILES string of the molecule is CC(CCCO)S(=O)O. The van der Waals surface area contributed by atoms with E-state index in [2.05, 4.69) is 0 Å². The molecule has 0 bridgehead atoms. The molecule has 0 fully saturated rings. The molecular weight excluding hydrogens is 140 g/mol. The largest absolute Gasteiger partial charge is 0.396 e. The minimum atomic E-state index is -1.72. The van der Waals surface area contributed by atoms with Gasteiger partial charge in [-0.3, -0.25) is 0 Å². The van der Waals surface area contributed by atoms with Crippen LogP contribution in [0.15, 0.2) is 0 Å². The number of hydrogen-bond acceptors (Lipinski definition) is 2. The molecule has 3 nitrogen and oxygen atoms in total. The molecule has 56 valence electrons. The standard InChI is InChI=1S/C5H12O3S/c1-5(9(7)8)3-2-4-6/h5-6H,2-4H2,1H3,(H,7,8). The Morgan fingerprint density at radius 2 is 2.22 bits per heavy atom. The van der Waals surface area contributed by atoms with Crippen molar-refractivity contribution in [1.29, 1.82) is 0 Å². The highest BCUT2D eigenvalue weighted by atomic mass is 32.2. The smallest absolute Gasteiger partial charge is 0.155 e. The first kappa shape index (κ1) is 9.07. The molecular formula is C5H12O3S. The first-order valence-electron chi connectivity index (χ1n) is 2.89. The third-order valence-corrected chi connectivity index (χ3v) is 2.04. The molecule has 0 aliphatic heterocycles. The molecule has 2 unspecified atom stereocenters. The Balaban J connectivity index is 3.27. The van der Waals surface area contributed by atoms with E-state index < -0.39 is 11.1 Å². The van der Waals surface area contributed by atoms with Crippen molar-refractivity contribution >= 4 is 11.1 Å². The lowest BCUT2D eigenvalue weighted by molar-refractivity contribution is 0.284. The molecule has 0 aromatic carbocycles. The van der Waals surface area contributed by atoms with Gasteiger partial charge in [0.15, 0.2) is 11.1 Å². The lowest BCUT2D eigenvalue weighted by atomic mass is 10.3. The molecule has 2 N–H and O–H groups in total. The van der Waals surface area contributed by atoms with Crippen molar-refractivity contribution in [2.24, 2.45) is 0 Å². The number of aliphatic hydroxyl groups excluding tert-OH is 1. The molecule has 0 aliphatic rings. The van der Waals surface area contributed by atoms with Gasteiger partial charge in [0.1, 0.15) is 0 Å². The first-order valence-corrected chi connectivity index (χ1v) is 4.06. The molecule has 4 heteroatoms. The van der Waals surface area contributed by atoms with Crippen molar-refractivity contribution in [3.05, 3.63) is 0 Å². The van der Waals surface area contributed by atoms with E-state index >= 15 is 0 Å². The van der Waals surface area contributed by atoms with E-state index in [-0.39, 0.29) is 11.9 Å². The number of rotatable bonds is 4. The molecule has 0 saturated carbocycles. The van der Waals surface area contributed by atoms with Crippen LogP contribution in [0.25, 0.3) is 0 Å². The van der Waals surface area contributed by atoms with Gasteiger partial charge in [0.2, 0.25) is 0 Å². The van der Waals surface area contributed by atoms with Crippen LogP contribution < -0.4 is 0 Å². The lowest BCUT2D eigenvalue weighted by Crippen LogP contribution is -2.09. The van der Waals surface area contributed by atoms with Crippen LogP contribution in [0, 0.1) is 0 Å². The van der Waals surface area contributed by atoms with Crippen molar-refractivity contribution in [3.63, 3.8) is 0 Å². The average molecular weight is 152 g/mol. The van der Waals surface area contributed by atoms with E-state index in [1.165, 1.54) is 0 Å². The lowest BCUT2D eigenvalue weighted by Gasteiger charge is -2.02. The molecule has 0 heterocycles. The summed E-state index contributed by atoms with van der Waals surface area (Å²) in [6.45, 7) is 1.79. The zero-order chi connectivity index (χ0) is 7.28. The van der Waals surface area contributed by atoms with Gasteiger partial charge in [-0.15, -0.1) is 0 Å². The fourth-order valence-electron chi connectivity index (χ4n) is 0.480. The van der Waals surface area contributed by atoms with Crippen molar-refractivity contribution < 1.29 is 13.9 Å². The molecule has 0 aromatic heterocycles. The van der Waals surface area contributed by atoms with E-state index in [1.54, 1.807) is 6.92 Å². The minimum Gasteiger partial charge on any atom is -0.396 e. The number of aliphatic hydroxyl groups is 1. The van der Waals surface area contributed by atoms with Gasteiger partial charge in [-0.25, -0.2) is 4.21 Å². The zero-order valence-corrected chi connectivity index (χ0v) is 6.23. The maximum Gasteiger partial charge on any atom is 0.155 e. The van der Waals surface area contributed by atoms with Gasteiger partial charge in [0.25, 0.3) is 0 Å². The Hall–Kier alpha value is 0.0700. The minimum absolute atomic E-state index is 0.0987. The van der Waals surface area contributed by atoms with Crippen LogP contribution in [0.3, 0.4) is 0 Å².